The number of nitro benzene ring substituents is 1. The Kier molecular flexibility index (Phi) is 5.09. The Hall–Kier alpha value is -2.73. The molecule has 0 bridgehead atoms. The molecule has 3 rings (SSSR count). The van der Waals surface area contributed by atoms with Gasteiger partial charge in [0.15, 0.2) is 6.54 Å². The SMILES string of the molecule is C[NH+](CC(=O)Nc1cccc([N+](=O)[O-])c1)[C@@H]1CCCc2ccccc21. The first-order valence-corrected chi connectivity index (χ1v) is 8.49. The van der Waals surface area contributed by atoms with Crippen LogP contribution in [-0.4, -0.2) is 24.4 Å². The third-order valence-corrected chi connectivity index (χ3v) is 4.74. The molecule has 2 atom stereocenters. The van der Waals surface area contributed by atoms with Crippen LogP contribution in [0.1, 0.15) is 30.0 Å². The van der Waals surface area contributed by atoms with Gasteiger partial charge in [0.1, 0.15) is 6.04 Å². The lowest BCUT2D eigenvalue weighted by Crippen LogP contribution is -3.10. The molecule has 130 valence electrons. The van der Waals surface area contributed by atoms with Crippen molar-refractivity contribution < 1.29 is 14.6 Å². The fourth-order valence-electron chi connectivity index (χ4n) is 3.54. The molecule has 0 spiro atoms. The average Bonchev–Trinajstić information content (AvgIpc) is 2.61. The Labute approximate surface area is 146 Å². The number of hydrogen-bond acceptors (Lipinski definition) is 3. The summed E-state index contributed by atoms with van der Waals surface area (Å²) < 4.78 is 0. The first kappa shape index (κ1) is 17.1. The highest BCUT2D eigenvalue weighted by Crippen LogP contribution is 2.27. The molecule has 2 aromatic rings. The van der Waals surface area contributed by atoms with E-state index in [1.165, 1.54) is 23.3 Å². The van der Waals surface area contributed by atoms with Gasteiger partial charge < -0.3 is 10.2 Å². The Morgan fingerprint density at radius 1 is 1.28 bits per heavy atom. The number of non-ortho nitro benzene ring substituents is 1. The Bertz CT molecular complexity index is 791. The van der Waals surface area contributed by atoms with E-state index in [9.17, 15) is 14.9 Å². The number of rotatable bonds is 5. The maximum atomic E-state index is 12.4. The number of nitrogens with one attached hydrogen (secondary N) is 2. The van der Waals surface area contributed by atoms with Gasteiger partial charge in [0, 0.05) is 29.8 Å². The van der Waals surface area contributed by atoms with Gasteiger partial charge >= 0.3 is 0 Å². The average molecular weight is 340 g/mol. The maximum Gasteiger partial charge on any atom is 0.279 e. The van der Waals surface area contributed by atoms with Crippen LogP contribution in [0.3, 0.4) is 0 Å². The van der Waals surface area contributed by atoms with Gasteiger partial charge in [-0.25, -0.2) is 0 Å². The van der Waals surface area contributed by atoms with Crippen LogP contribution in [0.15, 0.2) is 48.5 Å². The summed E-state index contributed by atoms with van der Waals surface area (Å²) >= 11 is 0. The summed E-state index contributed by atoms with van der Waals surface area (Å²) in [5, 5.41) is 13.6. The predicted octanol–water partition coefficient (Wildman–Crippen LogP) is 2.13. The highest BCUT2D eigenvalue weighted by atomic mass is 16.6. The maximum absolute atomic E-state index is 12.4. The lowest BCUT2D eigenvalue weighted by Gasteiger charge is -2.30. The summed E-state index contributed by atoms with van der Waals surface area (Å²) in [4.78, 5) is 23.9. The van der Waals surface area contributed by atoms with Crippen molar-refractivity contribution >= 4 is 17.3 Å². The number of fused-ring (bicyclic) bond motifs is 1. The molecule has 6 nitrogen and oxygen atoms in total. The van der Waals surface area contributed by atoms with Crippen molar-refractivity contribution in [2.45, 2.75) is 25.3 Å². The number of likely N-dealkylation sites (N-methyl/N-ethyl adjacent to an activating group) is 1. The quantitative estimate of drug-likeness (QED) is 0.647. The molecular formula is C19H22N3O3+. The van der Waals surface area contributed by atoms with Gasteiger partial charge in [-0.2, -0.15) is 0 Å². The molecule has 0 saturated carbocycles. The van der Waals surface area contributed by atoms with Gasteiger partial charge in [0.25, 0.3) is 11.6 Å². The fourth-order valence-corrected chi connectivity index (χ4v) is 3.54. The minimum Gasteiger partial charge on any atom is -0.323 e. The zero-order valence-corrected chi connectivity index (χ0v) is 14.2. The number of amides is 1. The van der Waals surface area contributed by atoms with Crippen LogP contribution in [0, 0.1) is 10.1 Å². The van der Waals surface area contributed by atoms with Crippen LogP contribution in [0.5, 0.6) is 0 Å². The largest absolute Gasteiger partial charge is 0.323 e. The summed E-state index contributed by atoms with van der Waals surface area (Å²) in [5.41, 5.74) is 3.13. The normalized spacial score (nSPS) is 17.4. The van der Waals surface area contributed by atoms with Gasteiger partial charge in [-0.1, -0.05) is 30.3 Å². The molecule has 1 aliphatic rings. The lowest BCUT2D eigenvalue weighted by atomic mass is 9.87. The molecule has 0 fully saturated rings. The first-order valence-electron chi connectivity index (χ1n) is 8.49. The van der Waals surface area contributed by atoms with Crippen LogP contribution in [0.25, 0.3) is 0 Å². The van der Waals surface area contributed by atoms with E-state index >= 15 is 0 Å². The molecule has 0 aromatic heterocycles. The van der Waals surface area contributed by atoms with Crippen LogP contribution < -0.4 is 10.2 Å². The van der Waals surface area contributed by atoms with Gasteiger partial charge in [0.2, 0.25) is 0 Å². The van der Waals surface area contributed by atoms with Gasteiger partial charge in [-0.3, -0.25) is 14.9 Å². The lowest BCUT2D eigenvalue weighted by molar-refractivity contribution is -0.905. The first-order chi connectivity index (χ1) is 12.0. The van der Waals surface area contributed by atoms with Crippen molar-refractivity contribution in [3.05, 3.63) is 69.8 Å². The topological polar surface area (TPSA) is 76.7 Å². The third kappa shape index (κ3) is 4.03. The van der Waals surface area contributed by atoms with Gasteiger partial charge in [-0.05, 0) is 24.5 Å². The van der Waals surface area contributed by atoms with Gasteiger partial charge in [0.05, 0.1) is 12.0 Å². The Morgan fingerprint density at radius 3 is 2.88 bits per heavy atom. The second-order valence-corrected chi connectivity index (χ2v) is 6.52. The number of quaternary nitrogens is 1. The summed E-state index contributed by atoms with van der Waals surface area (Å²) in [6.07, 6.45) is 3.29. The number of carbonyl (C=O) groups excluding carboxylic acids is 1. The van der Waals surface area contributed by atoms with E-state index in [0.717, 1.165) is 24.2 Å². The molecule has 0 saturated heterocycles. The molecule has 0 aliphatic heterocycles. The molecule has 2 N–H and O–H groups in total. The van der Waals surface area contributed by atoms with Crippen LogP contribution in [0.2, 0.25) is 0 Å². The van der Waals surface area contributed by atoms with Crippen LogP contribution in [-0.2, 0) is 11.2 Å². The van der Waals surface area contributed by atoms with E-state index in [4.69, 9.17) is 0 Å². The van der Waals surface area contributed by atoms with E-state index in [1.807, 2.05) is 13.1 Å². The van der Waals surface area contributed by atoms with Crippen molar-refractivity contribution in [2.24, 2.45) is 0 Å². The number of carbonyl (C=O) groups is 1. The number of hydrogen-bond donors (Lipinski definition) is 2. The number of nitro groups is 1. The minimum absolute atomic E-state index is 0.0280. The van der Waals surface area contributed by atoms with Crippen LogP contribution >= 0.6 is 0 Å². The van der Waals surface area contributed by atoms with E-state index in [-0.39, 0.29) is 11.6 Å². The highest BCUT2D eigenvalue weighted by Gasteiger charge is 2.27. The van der Waals surface area contributed by atoms with Crippen molar-refractivity contribution in [2.75, 3.05) is 18.9 Å². The monoisotopic (exact) mass is 340 g/mol. The van der Waals surface area contributed by atoms with Crippen molar-refractivity contribution in [1.82, 2.24) is 0 Å². The number of benzene rings is 2. The molecule has 2 aromatic carbocycles. The Balaban J connectivity index is 1.65. The second-order valence-electron chi connectivity index (χ2n) is 6.52. The summed E-state index contributed by atoms with van der Waals surface area (Å²) in [6.45, 7) is 0.321. The third-order valence-electron chi connectivity index (χ3n) is 4.74. The predicted molar refractivity (Wildman–Crippen MR) is 95.6 cm³/mol. The zero-order chi connectivity index (χ0) is 17.8. The van der Waals surface area contributed by atoms with Crippen LogP contribution in [0.4, 0.5) is 11.4 Å². The summed E-state index contributed by atoms with van der Waals surface area (Å²) in [5.74, 6) is -0.138. The molecule has 0 radical (unpaired) electrons. The van der Waals surface area contributed by atoms with E-state index in [1.54, 1.807) is 12.1 Å². The van der Waals surface area contributed by atoms with E-state index < -0.39 is 4.92 Å². The Morgan fingerprint density at radius 2 is 2.08 bits per heavy atom. The van der Waals surface area contributed by atoms with Crippen molar-refractivity contribution in [3.63, 3.8) is 0 Å². The minimum atomic E-state index is -0.466. The zero-order valence-electron chi connectivity index (χ0n) is 14.2. The molecular weight excluding hydrogens is 318 g/mol. The van der Waals surface area contributed by atoms with Crippen molar-refractivity contribution in [3.8, 4) is 0 Å². The van der Waals surface area contributed by atoms with E-state index in [2.05, 4.69) is 23.5 Å². The molecule has 1 unspecified atom stereocenters. The molecule has 0 heterocycles. The number of aryl methyl sites for hydroxylation is 1. The standard InChI is InChI=1S/C19H21N3O3/c1-21(18-11-4-7-14-6-2-3-10-17(14)18)13-19(23)20-15-8-5-9-16(12-15)22(24)25/h2-3,5-6,8-10,12,18H,4,7,11,13H2,1H3,(H,20,23)/p+1/t18-/m1/s1. The molecule has 6 heteroatoms. The molecule has 25 heavy (non-hydrogen) atoms. The van der Waals surface area contributed by atoms with Gasteiger partial charge in [-0.15, -0.1) is 0 Å². The fraction of sp³-hybridized carbons (Fsp3) is 0.316. The molecule has 1 amide bonds. The number of anilines is 1. The molecule has 1 aliphatic carbocycles. The smallest absolute Gasteiger partial charge is 0.279 e. The van der Waals surface area contributed by atoms with Crippen molar-refractivity contribution in [1.29, 1.82) is 0 Å². The second kappa shape index (κ2) is 7.44. The van der Waals surface area contributed by atoms with E-state index in [0.29, 0.717) is 18.3 Å². The summed E-state index contributed by atoms with van der Waals surface area (Å²) in [6, 6.07) is 14.8. The summed E-state index contributed by atoms with van der Waals surface area (Å²) in [7, 11) is 2.03. The highest BCUT2D eigenvalue weighted by molar-refractivity contribution is 5.91. The number of nitrogens with zero attached hydrogens (tertiary/aromatic N) is 1.